The molecule has 0 aliphatic heterocycles. The van der Waals surface area contributed by atoms with Crippen LogP contribution in [0, 0.1) is 12.7 Å². The second kappa shape index (κ2) is 4.98. The molecule has 0 spiro atoms. The van der Waals surface area contributed by atoms with E-state index in [9.17, 15) is 4.39 Å². The first-order valence-corrected chi connectivity index (χ1v) is 5.85. The number of aromatic nitrogens is 2. The van der Waals surface area contributed by atoms with Crippen molar-refractivity contribution in [3.63, 3.8) is 0 Å². The van der Waals surface area contributed by atoms with Crippen molar-refractivity contribution in [1.82, 2.24) is 9.97 Å². The summed E-state index contributed by atoms with van der Waals surface area (Å²) in [5, 5.41) is 0.0382. The second-order valence-corrected chi connectivity index (χ2v) is 4.52. The van der Waals surface area contributed by atoms with Gasteiger partial charge in [0.2, 0.25) is 11.2 Å². The van der Waals surface area contributed by atoms with Gasteiger partial charge in [-0.3, -0.25) is 0 Å². The van der Waals surface area contributed by atoms with Crippen LogP contribution in [0.2, 0.25) is 5.28 Å². The summed E-state index contributed by atoms with van der Waals surface area (Å²) in [4.78, 5) is 7.61. The van der Waals surface area contributed by atoms with Crippen molar-refractivity contribution >= 4 is 27.5 Å². The van der Waals surface area contributed by atoms with Crippen LogP contribution in [-0.2, 0) is 0 Å². The van der Waals surface area contributed by atoms with Crippen LogP contribution in [0.15, 0.2) is 28.9 Å². The summed E-state index contributed by atoms with van der Waals surface area (Å²) in [6.07, 6.45) is 1.44. The van der Waals surface area contributed by atoms with Crippen LogP contribution in [0.25, 0.3) is 0 Å². The Morgan fingerprint density at radius 1 is 1.41 bits per heavy atom. The minimum Gasteiger partial charge on any atom is -0.435 e. The molecule has 1 aromatic carbocycles. The largest absolute Gasteiger partial charge is 0.435 e. The summed E-state index contributed by atoms with van der Waals surface area (Å²) in [5.74, 6) is -0.188. The third kappa shape index (κ3) is 2.92. The molecule has 0 atom stereocenters. The average molecular weight is 318 g/mol. The van der Waals surface area contributed by atoms with E-state index < -0.39 is 5.82 Å². The van der Waals surface area contributed by atoms with Crippen molar-refractivity contribution in [1.29, 1.82) is 0 Å². The van der Waals surface area contributed by atoms with Gasteiger partial charge in [0.05, 0.1) is 4.47 Å². The normalized spacial score (nSPS) is 10.4. The lowest BCUT2D eigenvalue weighted by atomic mass is 10.2. The molecule has 0 unspecified atom stereocenters. The zero-order valence-corrected chi connectivity index (χ0v) is 11.1. The summed E-state index contributed by atoms with van der Waals surface area (Å²) in [5.41, 5.74) is 0.887. The molecular weight excluding hydrogens is 310 g/mol. The number of rotatable bonds is 2. The maximum absolute atomic E-state index is 13.5. The van der Waals surface area contributed by atoms with Gasteiger partial charge in [-0.25, -0.2) is 9.37 Å². The van der Waals surface area contributed by atoms with Crippen LogP contribution in [-0.4, -0.2) is 9.97 Å². The summed E-state index contributed by atoms with van der Waals surface area (Å²) < 4.78 is 19.3. The van der Waals surface area contributed by atoms with E-state index in [1.807, 2.05) is 6.92 Å². The smallest absolute Gasteiger partial charge is 0.238 e. The Hall–Kier alpha value is -1.20. The first-order chi connectivity index (χ1) is 8.06. The predicted molar refractivity (Wildman–Crippen MR) is 66.0 cm³/mol. The molecule has 1 aromatic heterocycles. The predicted octanol–water partition coefficient (Wildman–Crippen LogP) is 4.13. The highest BCUT2D eigenvalue weighted by Crippen LogP contribution is 2.29. The molecule has 88 valence electrons. The lowest BCUT2D eigenvalue weighted by Crippen LogP contribution is -1.94. The van der Waals surface area contributed by atoms with Crippen molar-refractivity contribution in [2.75, 3.05) is 0 Å². The van der Waals surface area contributed by atoms with Gasteiger partial charge in [-0.1, -0.05) is 6.07 Å². The molecule has 2 rings (SSSR count). The Balaban J connectivity index is 2.37. The quantitative estimate of drug-likeness (QED) is 0.781. The van der Waals surface area contributed by atoms with Crippen LogP contribution in [0.4, 0.5) is 4.39 Å². The number of aryl methyl sites for hydroxylation is 1. The molecule has 2 aromatic rings. The van der Waals surface area contributed by atoms with E-state index in [-0.39, 0.29) is 16.9 Å². The van der Waals surface area contributed by atoms with Gasteiger partial charge in [-0.05, 0) is 52.2 Å². The zero-order chi connectivity index (χ0) is 12.4. The van der Waals surface area contributed by atoms with Crippen LogP contribution < -0.4 is 4.74 Å². The van der Waals surface area contributed by atoms with E-state index in [4.69, 9.17) is 16.3 Å². The van der Waals surface area contributed by atoms with Gasteiger partial charge in [-0.15, -0.1) is 0 Å². The van der Waals surface area contributed by atoms with Crippen LogP contribution in [0.3, 0.4) is 0 Å². The maximum atomic E-state index is 13.5. The minimum absolute atomic E-state index is 0.0382. The molecule has 0 radical (unpaired) electrons. The number of nitrogens with zero attached hydrogens (tertiary/aromatic N) is 2. The molecular formula is C11H7BrClFN2O. The molecule has 6 heteroatoms. The number of benzene rings is 1. The highest BCUT2D eigenvalue weighted by Gasteiger charge is 2.10. The Kier molecular flexibility index (Phi) is 3.59. The van der Waals surface area contributed by atoms with Gasteiger partial charge in [-0.2, -0.15) is 4.98 Å². The summed E-state index contributed by atoms with van der Waals surface area (Å²) in [7, 11) is 0. The topological polar surface area (TPSA) is 35.0 Å². The highest BCUT2D eigenvalue weighted by molar-refractivity contribution is 9.10. The molecule has 0 N–H and O–H groups in total. The van der Waals surface area contributed by atoms with Gasteiger partial charge in [0.25, 0.3) is 0 Å². The summed E-state index contributed by atoms with van der Waals surface area (Å²) >= 11 is 8.84. The summed E-state index contributed by atoms with van der Waals surface area (Å²) in [6, 6.07) is 4.57. The van der Waals surface area contributed by atoms with Gasteiger partial charge in [0, 0.05) is 6.20 Å². The van der Waals surface area contributed by atoms with E-state index in [2.05, 4.69) is 25.9 Å². The zero-order valence-electron chi connectivity index (χ0n) is 8.75. The minimum atomic E-state index is -0.461. The van der Waals surface area contributed by atoms with Crippen molar-refractivity contribution in [3.8, 4) is 11.6 Å². The molecule has 1 heterocycles. The van der Waals surface area contributed by atoms with Crippen LogP contribution in [0.5, 0.6) is 11.6 Å². The van der Waals surface area contributed by atoms with Gasteiger partial charge >= 0.3 is 0 Å². The molecule has 17 heavy (non-hydrogen) atoms. The van der Waals surface area contributed by atoms with E-state index in [1.165, 1.54) is 12.3 Å². The molecule has 0 fully saturated rings. The average Bonchev–Trinajstić information content (AvgIpc) is 2.28. The Labute approximate surface area is 111 Å². The maximum Gasteiger partial charge on any atom is 0.238 e. The fourth-order valence-corrected chi connectivity index (χ4v) is 1.59. The third-order valence-corrected chi connectivity index (χ3v) is 2.70. The molecule has 0 amide bonds. The van der Waals surface area contributed by atoms with E-state index in [0.717, 1.165) is 5.56 Å². The number of halogens is 3. The van der Waals surface area contributed by atoms with Crippen molar-refractivity contribution in [2.45, 2.75) is 6.92 Å². The monoisotopic (exact) mass is 316 g/mol. The fraction of sp³-hybridized carbons (Fsp3) is 0.0909. The molecule has 0 bridgehead atoms. The van der Waals surface area contributed by atoms with E-state index in [1.54, 1.807) is 12.1 Å². The molecule has 3 nitrogen and oxygen atoms in total. The second-order valence-electron chi connectivity index (χ2n) is 3.33. The van der Waals surface area contributed by atoms with Crippen molar-refractivity contribution in [3.05, 3.63) is 45.5 Å². The third-order valence-electron chi connectivity index (χ3n) is 1.98. The Bertz CT molecular complexity index is 516. The van der Waals surface area contributed by atoms with Crippen molar-refractivity contribution < 1.29 is 9.13 Å². The SMILES string of the molecule is Cc1ccc(F)c(Oc2nc(Cl)ncc2Br)c1. The number of hydrogen-bond donors (Lipinski definition) is 0. The van der Waals surface area contributed by atoms with Crippen LogP contribution in [0.1, 0.15) is 5.56 Å². The lowest BCUT2D eigenvalue weighted by Gasteiger charge is -2.07. The summed E-state index contributed by atoms with van der Waals surface area (Å²) in [6.45, 7) is 1.84. The fourth-order valence-electron chi connectivity index (χ4n) is 1.20. The molecule has 0 aliphatic carbocycles. The number of hydrogen-bond acceptors (Lipinski definition) is 3. The Morgan fingerprint density at radius 2 is 2.18 bits per heavy atom. The van der Waals surface area contributed by atoms with Gasteiger partial charge < -0.3 is 4.74 Å². The standard InChI is InChI=1S/C11H7BrClFN2O/c1-6-2-3-8(14)9(4-6)17-10-7(12)5-15-11(13)16-10/h2-5H,1H3. The molecule has 0 aliphatic rings. The van der Waals surface area contributed by atoms with E-state index in [0.29, 0.717) is 4.47 Å². The first-order valence-electron chi connectivity index (χ1n) is 4.68. The first kappa shape index (κ1) is 12.3. The lowest BCUT2D eigenvalue weighted by molar-refractivity contribution is 0.423. The Morgan fingerprint density at radius 3 is 2.94 bits per heavy atom. The van der Waals surface area contributed by atoms with E-state index >= 15 is 0 Å². The van der Waals surface area contributed by atoms with Crippen LogP contribution >= 0.6 is 27.5 Å². The van der Waals surface area contributed by atoms with Gasteiger partial charge in [0.15, 0.2) is 11.6 Å². The number of ether oxygens (including phenoxy) is 1. The highest BCUT2D eigenvalue weighted by atomic mass is 79.9. The molecule has 0 saturated heterocycles. The molecule has 0 saturated carbocycles. The van der Waals surface area contributed by atoms with Crippen molar-refractivity contribution in [2.24, 2.45) is 0 Å². The van der Waals surface area contributed by atoms with Gasteiger partial charge in [0.1, 0.15) is 0 Å².